The third-order valence-corrected chi connectivity index (χ3v) is 5.67. The number of hydrogen-bond donors (Lipinski definition) is 0. The van der Waals surface area contributed by atoms with Gasteiger partial charge in [-0.15, -0.1) is 23.5 Å². The van der Waals surface area contributed by atoms with Crippen LogP contribution in [-0.4, -0.2) is 11.5 Å². The van der Waals surface area contributed by atoms with E-state index >= 15 is 0 Å². The van der Waals surface area contributed by atoms with Gasteiger partial charge in [-0.25, -0.2) is 0 Å². The summed E-state index contributed by atoms with van der Waals surface area (Å²) in [6.07, 6.45) is 5.14. The first kappa shape index (κ1) is 15.8. The molecule has 2 aromatic rings. The number of fused-ring (bicyclic) bond motifs is 1. The predicted molar refractivity (Wildman–Crippen MR) is 95.2 cm³/mol. The largest absolute Gasteiger partial charge is 0.126 e. The fourth-order valence-corrected chi connectivity index (χ4v) is 4.48. The maximum Gasteiger partial charge on any atom is 0.0151 e. The second-order valence-corrected chi connectivity index (χ2v) is 7.28. The van der Waals surface area contributed by atoms with Crippen molar-refractivity contribution < 1.29 is 0 Å². The first-order valence-corrected chi connectivity index (χ1v) is 9.61. The molecule has 0 fully saturated rings. The highest BCUT2D eigenvalue weighted by atomic mass is 32.2. The van der Waals surface area contributed by atoms with E-state index in [9.17, 15) is 0 Å². The van der Waals surface area contributed by atoms with E-state index in [-0.39, 0.29) is 0 Å². The number of rotatable bonds is 8. The molecule has 108 valence electrons. The molecule has 0 N–H and O–H groups in total. The average molecular weight is 305 g/mol. The minimum atomic E-state index is 1.23. The number of hydrogen-bond acceptors (Lipinski definition) is 2. The molecule has 0 aliphatic rings. The number of benzene rings is 2. The Kier molecular flexibility index (Phi) is 6.81. The normalized spacial score (nSPS) is 11.1. The van der Waals surface area contributed by atoms with Gasteiger partial charge in [-0.2, -0.15) is 0 Å². The summed E-state index contributed by atoms with van der Waals surface area (Å²) in [6.45, 7) is 4.51. The van der Waals surface area contributed by atoms with E-state index in [2.05, 4.69) is 50.2 Å². The fraction of sp³-hybridized carbons (Fsp3) is 0.444. The third-order valence-electron chi connectivity index (χ3n) is 3.35. The molecule has 0 aliphatic heterocycles. The minimum absolute atomic E-state index is 1.23. The lowest BCUT2D eigenvalue weighted by molar-refractivity contribution is 0.896. The zero-order valence-electron chi connectivity index (χ0n) is 12.5. The second-order valence-electron chi connectivity index (χ2n) is 5.01. The highest BCUT2D eigenvalue weighted by Crippen LogP contribution is 2.34. The summed E-state index contributed by atoms with van der Waals surface area (Å²) in [5.41, 5.74) is 0. The van der Waals surface area contributed by atoms with E-state index in [0.29, 0.717) is 0 Å². The quantitative estimate of drug-likeness (QED) is 0.397. The molecule has 0 radical (unpaired) electrons. The average Bonchev–Trinajstić information content (AvgIpc) is 2.48. The molecule has 0 amide bonds. The maximum absolute atomic E-state index is 2.27. The van der Waals surface area contributed by atoms with Crippen LogP contribution in [0.25, 0.3) is 10.8 Å². The summed E-state index contributed by atoms with van der Waals surface area (Å²) >= 11 is 4.00. The monoisotopic (exact) mass is 304 g/mol. The van der Waals surface area contributed by atoms with E-state index < -0.39 is 0 Å². The Labute approximate surface area is 131 Å². The molecule has 0 atom stereocenters. The molecule has 20 heavy (non-hydrogen) atoms. The van der Waals surface area contributed by atoms with Crippen LogP contribution in [0.15, 0.2) is 46.2 Å². The molecule has 0 unspecified atom stereocenters. The van der Waals surface area contributed by atoms with Gasteiger partial charge in [0.25, 0.3) is 0 Å². The van der Waals surface area contributed by atoms with E-state index in [1.54, 1.807) is 0 Å². The molecule has 0 nitrogen and oxygen atoms in total. The van der Waals surface area contributed by atoms with Crippen molar-refractivity contribution in [3.63, 3.8) is 0 Å². The lowest BCUT2D eigenvalue weighted by Crippen LogP contribution is -1.85. The first-order valence-electron chi connectivity index (χ1n) is 7.64. The van der Waals surface area contributed by atoms with Crippen molar-refractivity contribution in [3.05, 3.63) is 36.4 Å². The van der Waals surface area contributed by atoms with Gasteiger partial charge in [0.2, 0.25) is 0 Å². The van der Waals surface area contributed by atoms with Crippen LogP contribution in [0.3, 0.4) is 0 Å². The Morgan fingerprint density at radius 1 is 0.700 bits per heavy atom. The van der Waals surface area contributed by atoms with Gasteiger partial charge in [0.15, 0.2) is 0 Å². The van der Waals surface area contributed by atoms with Crippen molar-refractivity contribution >= 4 is 34.3 Å². The van der Waals surface area contributed by atoms with Crippen LogP contribution in [0, 0.1) is 0 Å². The SMILES string of the molecule is CCCCSc1cccc2c(SCCCC)cccc12. The lowest BCUT2D eigenvalue weighted by atomic mass is 10.1. The lowest BCUT2D eigenvalue weighted by Gasteiger charge is -2.10. The summed E-state index contributed by atoms with van der Waals surface area (Å²) < 4.78 is 0. The van der Waals surface area contributed by atoms with Crippen molar-refractivity contribution in [2.75, 3.05) is 11.5 Å². The second kappa shape index (κ2) is 8.63. The van der Waals surface area contributed by atoms with E-state index in [1.165, 1.54) is 57.8 Å². The van der Waals surface area contributed by atoms with Gasteiger partial charge in [0, 0.05) is 9.79 Å². The van der Waals surface area contributed by atoms with Crippen molar-refractivity contribution in [1.82, 2.24) is 0 Å². The van der Waals surface area contributed by atoms with Crippen molar-refractivity contribution in [2.45, 2.75) is 49.3 Å². The Morgan fingerprint density at radius 3 is 1.55 bits per heavy atom. The summed E-state index contributed by atoms with van der Waals surface area (Å²) in [6, 6.07) is 13.5. The van der Waals surface area contributed by atoms with Crippen LogP contribution in [0.1, 0.15) is 39.5 Å². The first-order chi connectivity index (χ1) is 9.86. The summed E-state index contributed by atoms with van der Waals surface area (Å²) in [4.78, 5) is 2.88. The van der Waals surface area contributed by atoms with Crippen LogP contribution in [-0.2, 0) is 0 Å². The molecule has 2 heteroatoms. The summed E-state index contributed by atoms with van der Waals surface area (Å²) in [7, 11) is 0. The van der Waals surface area contributed by atoms with Crippen molar-refractivity contribution in [1.29, 1.82) is 0 Å². The molecule has 0 bridgehead atoms. The standard InChI is InChI=1S/C18H24S2/c1-3-5-13-19-17-11-7-10-16-15(17)9-8-12-18(16)20-14-6-4-2/h7-12H,3-6,13-14H2,1-2H3. The Bertz CT molecular complexity index is 485. The van der Waals surface area contributed by atoms with Crippen LogP contribution in [0.4, 0.5) is 0 Å². The van der Waals surface area contributed by atoms with Gasteiger partial charge in [0.1, 0.15) is 0 Å². The molecular weight excluding hydrogens is 280 g/mol. The highest BCUT2D eigenvalue weighted by Gasteiger charge is 2.05. The molecule has 0 saturated heterocycles. The highest BCUT2D eigenvalue weighted by molar-refractivity contribution is 8.00. The Balaban J connectivity index is 2.21. The van der Waals surface area contributed by atoms with Crippen molar-refractivity contribution in [3.8, 4) is 0 Å². The van der Waals surface area contributed by atoms with Gasteiger partial charge in [0.05, 0.1) is 0 Å². The summed E-state index contributed by atoms with van der Waals surface area (Å²) in [5.74, 6) is 2.45. The zero-order valence-corrected chi connectivity index (χ0v) is 14.2. The molecular formula is C18H24S2. The van der Waals surface area contributed by atoms with E-state index in [0.717, 1.165) is 0 Å². The fourth-order valence-electron chi connectivity index (χ4n) is 2.16. The van der Waals surface area contributed by atoms with Crippen LogP contribution >= 0.6 is 23.5 Å². The number of unbranched alkanes of at least 4 members (excludes halogenated alkanes) is 2. The molecule has 2 rings (SSSR count). The van der Waals surface area contributed by atoms with E-state index in [4.69, 9.17) is 0 Å². The Morgan fingerprint density at radius 2 is 1.15 bits per heavy atom. The topological polar surface area (TPSA) is 0 Å². The Hall–Kier alpha value is -0.600. The molecule has 0 aliphatic carbocycles. The minimum Gasteiger partial charge on any atom is -0.126 e. The van der Waals surface area contributed by atoms with Gasteiger partial charge >= 0.3 is 0 Å². The summed E-state index contributed by atoms with van der Waals surface area (Å²) in [5, 5.41) is 2.85. The number of thioether (sulfide) groups is 2. The molecule has 2 aromatic carbocycles. The predicted octanol–water partition coefficient (Wildman–Crippen LogP) is 6.62. The van der Waals surface area contributed by atoms with Gasteiger partial charge in [-0.05, 0) is 47.3 Å². The smallest absolute Gasteiger partial charge is 0.0151 e. The van der Waals surface area contributed by atoms with Crippen LogP contribution in [0.5, 0.6) is 0 Å². The van der Waals surface area contributed by atoms with Gasteiger partial charge < -0.3 is 0 Å². The third kappa shape index (κ3) is 4.20. The van der Waals surface area contributed by atoms with Crippen LogP contribution in [0.2, 0.25) is 0 Å². The van der Waals surface area contributed by atoms with Gasteiger partial charge in [-0.1, -0.05) is 51.0 Å². The van der Waals surface area contributed by atoms with Crippen LogP contribution < -0.4 is 0 Å². The molecule has 0 spiro atoms. The molecule has 0 aromatic heterocycles. The molecule has 0 saturated carbocycles. The van der Waals surface area contributed by atoms with Gasteiger partial charge in [-0.3, -0.25) is 0 Å². The van der Waals surface area contributed by atoms with E-state index in [1.807, 2.05) is 23.5 Å². The molecule has 0 heterocycles. The zero-order chi connectivity index (χ0) is 14.2. The maximum atomic E-state index is 2.27. The van der Waals surface area contributed by atoms with Crippen molar-refractivity contribution in [2.24, 2.45) is 0 Å².